The predicted octanol–water partition coefficient (Wildman–Crippen LogP) is 4.43. The molecule has 6 nitrogen and oxygen atoms in total. The summed E-state index contributed by atoms with van der Waals surface area (Å²) in [7, 11) is 1.81. The van der Waals surface area contributed by atoms with Gasteiger partial charge in [0, 0.05) is 37.9 Å². The molecule has 1 saturated heterocycles. The summed E-state index contributed by atoms with van der Waals surface area (Å²) in [6.07, 6.45) is 2.17. The molecule has 1 fully saturated rings. The highest BCUT2D eigenvalue weighted by atomic mass is 16.5. The molecule has 0 spiro atoms. The molecule has 0 unspecified atom stereocenters. The summed E-state index contributed by atoms with van der Waals surface area (Å²) >= 11 is 0. The molecule has 0 bridgehead atoms. The van der Waals surface area contributed by atoms with Crippen molar-refractivity contribution in [1.82, 2.24) is 15.8 Å². The lowest BCUT2D eigenvalue weighted by Crippen LogP contribution is -2.48. The molecule has 0 radical (unpaired) electrons. The molecule has 30 heavy (non-hydrogen) atoms. The predicted molar refractivity (Wildman–Crippen MR) is 124 cm³/mol. The fourth-order valence-electron chi connectivity index (χ4n) is 3.70. The molecule has 1 aliphatic heterocycles. The van der Waals surface area contributed by atoms with Crippen LogP contribution in [0.15, 0.2) is 39.8 Å². The van der Waals surface area contributed by atoms with Gasteiger partial charge in [-0.1, -0.05) is 51.9 Å². The monoisotopic (exact) mass is 411 g/mol. The highest BCUT2D eigenvalue weighted by molar-refractivity contribution is 5.79. The topological polar surface area (TPSA) is 65.7 Å². The van der Waals surface area contributed by atoms with Gasteiger partial charge >= 0.3 is 0 Å². The van der Waals surface area contributed by atoms with Crippen molar-refractivity contribution in [3.8, 4) is 0 Å². The number of piperidine rings is 1. The van der Waals surface area contributed by atoms with Crippen molar-refractivity contribution in [2.45, 2.75) is 71.4 Å². The van der Waals surface area contributed by atoms with Gasteiger partial charge in [0.15, 0.2) is 11.7 Å². The lowest BCUT2D eigenvalue weighted by Gasteiger charge is -2.35. The Bertz CT molecular complexity index is 824. The van der Waals surface area contributed by atoms with Crippen LogP contribution in [-0.4, -0.2) is 37.3 Å². The van der Waals surface area contributed by atoms with E-state index in [9.17, 15) is 0 Å². The first kappa shape index (κ1) is 22.2. The summed E-state index contributed by atoms with van der Waals surface area (Å²) < 4.78 is 5.40. The molecule has 2 heterocycles. The second-order valence-corrected chi connectivity index (χ2v) is 9.50. The Balaban J connectivity index is 1.47. The quantitative estimate of drug-likeness (QED) is 0.563. The first-order valence-electron chi connectivity index (χ1n) is 11.0. The highest BCUT2D eigenvalue weighted by Crippen LogP contribution is 2.26. The lowest BCUT2D eigenvalue weighted by atomic mass is 9.87. The summed E-state index contributed by atoms with van der Waals surface area (Å²) in [4.78, 5) is 6.84. The van der Waals surface area contributed by atoms with Gasteiger partial charge in [-0.25, -0.2) is 0 Å². The highest BCUT2D eigenvalue weighted by Gasteiger charge is 2.21. The number of hydrogen-bond acceptors (Lipinski definition) is 4. The molecular weight excluding hydrogens is 374 g/mol. The van der Waals surface area contributed by atoms with Crippen LogP contribution < -0.4 is 15.5 Å². The van der Waals surface area contributed by atoms with E-state index in [-0.39, 0.29) is 5.41 Å². The second-order valence-electron chi connectivity index (χ2n) is 9.50. The first-order chi connectivity index (χ1) is 14.3. The summed E-state index contributed by atoms with van der Waals surface area (Å²) in [5.41, 5.74) is 3.87. The second kappa shape index (κ2) is 9.54. The number of aliphatic imine (C=N–C) groups is 1. The van der Waals surface area contributed by atoms with Crippen LogP contribution in [0.1, 0.15) is 70.4 Å². The van der Waals surface area contributed by atoms with Gasteiger partial charge in [0.2, 0.25) is 0 Å². The Morgan fingerprint density at radius 3 is 2.40 bits per heavy atom. The van der Waals surface area contributed by atoms with E-state index < -0.39 is 0 Å². The molecule has 2 N–H and O–H groups in total. The van der Waals surface area contributed by atoms with Crippen LogP contribution in [0.25, 0.3) is 0 Å². The third kappa shape index (κ3) is 5.77. The minimum absolute atomic E-state index is 0.195. The minimum atomic E-state index is 0.195. The Hall–Kier alpha value is -2.50. The largest absolute Gasteiger partial charge is 0.371 e. The van der Waals surface area contributed by atoms with Gasteiger partial charge in [0.25, 0.3) is 0 Å². The van der Waals surface area contributed by atoms with Crippen molar-refractivity contribution in [2.75, 3.05) is 25.0 Å². The van der Waals surface area contributed by atoms with E-state index in [4.69, 9.17) is 4.52 Å². The van der Waals surface area contributed by atoms with Crippen LogP contribution >= 0.6 is 0 Å². The number of guanidine groups is 1. The zero-order valence-electron chi connectivity index (χ0n) is 19.3. The zero-order valence-corrected chi connectivity index (χ0v) is 19.3. The molecule has 0 aliphatic carbocycles. The molecule has 0 amide bonds. The maximum absolute atomic E-state index is 5.40. The smallest absolute Gasteiger partial charge is 0.191 e. The molecule has 0 saturated carbocycles. The molecular formula is C24H37N5O. The van der Waals surface area contributed by atoms with Gasteiger partial charge in [-0.15, -0.1) is 0 Å². The Labute approximate surface area is 181 Å². The Kier molecular flexibility index (Phi) is 7.06. The van der Waals surface area contributed by atoms with Gasteiger partial charge in [-0.2, -0.15) is 0 Å². The molecule has 2 aromatic rings. The van der Waals surface area contributed by atoms with E-state index >= 15 is 0 Å². The molecule has 1 aliphatic rings. The van der Waals surface area contributed by atoms with Gasteiger partial charge in [-0.3, -0.25) is 4.99 Å². The maximum atomic E-state index is 5.40. The molecule has 6 heteroatoms. The number of anilines is 1. The number of benzene rings is 1. The number of hydrogen-bond donors (Lipinski definition) is 2. The van der Waals surface area contributed by atoms with Crippen molar-refractivity contribution >= 4 is 11.6 Å². The number of aromatic nitrogens is 1. The van der Waals surface area contributed by atoms with Crippen molar-refractivity contribution in [1.29, 1.82) is 0 Å². The van der Waals surface area contributed by atoms with Crippen molar-refractivity contribution in [3.63, 3.8) is 0 Å². The summed E-state index contributed by atoms with van der Waals surface area (Å²) in [5.74, 6) is 2.01. The van der Waals surface area contributed by atoms with Crippen LogP contribution in [0.3, 0.4) is 0 Å². The average Bonchev–Trinajstić information content (AvgIpc) is 3.20. The molecule has 3 rings (SSSR count). The average molecular weight is 412 g/mol. The van der Waals surface area contributed by atoms with Gasteiger partial charge in [-0.05, 0) is 41.9 Å². The van der Waals surface area contributed by atoms with Crippen molar-refractivity contribution in [3.05, 3.63) is 47.3 Å². The maximum Gasteiger partial charge on any atom is 0.191 e. The SMILES string of the molecule is CN=C(NCc1cc(C(C)C)no1)NC1CCN(c2ccc(C(C)(C)C)cc2)CC1. The molecule has 0 atom stereocenters. The van der Waals surface area contributed by atoms with E-state index in [1.54, 1.807) is 7.05 Å². The fourth-order valence-corrected chi connectivity index (χ4v) is 3.70. The van der Waals surface area contributed by atoms with E-state index in [1.165, 1.54) is 11.3 Å². The van der Waals surface area contributed by atoms with Crippen LogP contribution in [0.5, 0.6) is 0 Å². The van der Waals surface area contributed by atoms with Gasteiger partial charge < -0.3 is 20.1 Å². The minimum Gasteiger partial charge on any atom is -0.371 e. The summed E-state index contributed by atoms with van der Waals surface area (Å²) in [6, 6.07) is 11.5. The standard InChI is InChI=1S/C24H37N5O/c1-17(2)22-15-21(30-28-22)16-26-23(25-6)27-19-11-13-29(14-12-19)20-9-7-18(8-10-20)24(3,4)5/h7-10,15,17,19H,11-14,16H2,1-6H3,(H2,25,26,27). The van der Waals surface area contributed by atoms with Gasteiger partial charge in [0.05, 0.1) is 12.2 Å². The lowest BCUT2D eigenvalue weighted by molar-refractivity contribution is 0.371. The number of nitrogens with one attached hydrogen (secondary N) is 2. The van der Waals surface area contributed by atoms with Crippen LogP contribution in [0.2, 0.25) is 0 Å². The third-order valence-corrected chi connectivity index (χ3v) is 5.76. The van der Waals surface area contributed by atoms with Gasteiger partial charge in [0.1, 0.15) is 0 Å². The van der Waals surface area contributed by atoms with Crippen LogP contribution in [-0.2, 0) is 12.0 Å². The molecule has 1 aromatic heterocycles. The Morgan fingerprint density at radius 2 is 1.87 bits per heavy atom. The summed E-state index contributed by atoms with van der Waals surface area (Å²) in [6.45, 7) is 13.7. The number of nitrogens with zero attached hydrogens (tertiary/aromatic N) is 3. The zero-order chi connectivity index (χ0) is 21.7. The van der Waals surface area contributed by atoms with Crippen LogP contribution in [0, 0.1) is 0 Å². The van der Waals surface area contributed by atoms with Crippen LogP contribution in [0.4, 0.5) is 5.69 Å². The Morgan fingerprint density at radius 1 is 1.20 bits per heavy atom. The molecule has 1 aromatic carbocycles. The van der Waals surface area contributed by atoms with Crippen molar-refractivity contribution < 1.29 is 4.52 Å². The third-order valence-electron chi connectivity index (χ3n) is 5.76. The first-order valence-corrected chi connectivity index (χ1v) is 11.0. The summed E-state index contributed by atoms with van der Waals surface area (Å²) in [5, 5.41) is 11.0. The van der Waals surface area contributed by atoms with E-state index in [2.05, 4.69) is 84.6 Å². The molecule has 164 valence electrons. The van der Waals surface area contributed by atoms with E-state index in [0.29, 0.717) is 18.5 Å². The normalized spacial score (nSPS) is 16.2. The van der Waals surface area contributed by atoms with E-state index in [1.807, 2.05) is 6.07 Å². The number of rotatable bonds is 5. The fraction of sp³-hybridized carbons (Fsp3) is 0.583. The van der Waals surface area contributed by atoms with E-state index in [0.717, 1.165) is 43.3 Å². The van der Waals surface area contributed by atoms with Crippen molar-refractivity contribution in [2.24, 2.45) is 4.99 Å².